The van der Waals surface area contributed by atoms with Gasteiger partial charge in [-0.05, 0) is 31.2 Å². The summed E-state index contributed by atoms with van der Waals surface area (Å²) in [5.41, 5.74) is 1.70. The topological polar surface area (TPSA) is 45.9 Å². The maximum Gasteiger partial charge on any atom is 0.132 e. The molecule has 0 atom stereocenters. The van der Waals surface area contributed by atoms with Gasteiger partial charge >= 0.3 is 0 Å². The van der Waals surface area contributed by atoms with E-state index in [-0.39, 0.29) is 0 Å². The Morgan fingerprint density at radius 3 is 2.56 bits per heavy atom. The van der Waals surface area contributed by atoms with Crippen molar-refractivity contribution >= 4 is 11.3 Å². The molecule has 0 radical (unpaired) electrons. The van der Waals surface area contributed by atoms with E-state index in [0.717, 1.165) is 22.0 Å². The first-order chi connectivity index (χ1) is 7.74. The molecule has 0 N–H and O–H groups in total. The van der Waals surface area contributed by atoms with Crippen LogP contribution in [0.2, 0.25) is 0 Å². The van der Waals surface area contributed by atoms with Gasteiger partial charge < -0.3 is 4.74 Å². The first kappa shape index (κ1) is 10.7. The zero-order valence-corrected chi connectivity index (χ0v) is 9.84. The lowest BCUT2D eigenvalue weighted by Crippen LogP contribution is -1.84. The Kier molecular flexibility index (Phi) is 2.88. The number of ether oxygens (including phenoxy) is 1. The normalized spacial score (nSPS) is 9.81. The molecule has 80 valence electrons. The Balaban J connectivity index is 2.46. The van der Waals surface area contributed by atoms with Crippen LogP contribution in [0.5, 0.6) is 5.75 Å². The highest BCUT2D eigenvalue weighted by Gasteiger charge is 2.10. The minimum atomic E-state index is 0.655. The number of benzene rings is 1. The second kappa shape index (κ2) is 4.33. The molecule has 0 saturated heterocycles. The van der Waals surface area contributed by atoms with E-state index in [1.807, 2.05) is 31.2 Å². The zero-order chi connectivity index (χ0) is 11.5. The van der Waals surface area contributed by atoms with Crippen molar-refractivity contribution in [2.75, 3.05) is 7.11 Å². The van der Waals surface area contributed by atoms with Gasteiger partial charge in [-0.25, -0.2) is 4.98 Å². The van der Waals surface area contributed by atoms with Gasteiger partial charge in [-0.1, -0.05) is 0 Å². The molecule has 1 aromatic heterocycles. The van der Waals surface area contributed by atoms with Crippen LogP contribution >= 0.6 is 11.3 Å². The molecule has 16 heavy (non-hydrogen) atoms. The maximum absolute atomic E-state index is 8.99. The summed E-state index contributed by atoms with van der Waals surface area (Å²) in [6, 6.07) is 9.72. The monoisotopic (exact) mass is 230 g/mol. The van der Waals surface area contributed by atoms with Gasteiger partial charge in [-0.3, -0.25) is 0 Å². The van der Waals surface area contributed by atoms with E-state index < -0.39 is 0 Å². The molecule has 3 nitrogen and oxygen atoms in total. The van der Waals surface area contributed by atoms with Crippen molar-refractivity contribution in [3.8, 4) is 23.1 Å². The van der Waals surface area contributed by atoms with Crippen molar-refractivity contribution in [2.24, 2.45) is 0 Å². The van der Waals surface area contributed by atoms with Crippen molar-refractivity contribution in [2.45, 2.75) is 6.92 Å². The van der Waals surface area contributed by atoms with Gasteiger partial charge in [-0.15, -0.1) is 11.3 Å². The van der Waals surface area contributed by atoms with Crippen LogP contribution in [0.25, 0.3) is 11.3 Å². The summed E-state index contributed by atoms with van der Waals surface area (Å²) in [7, 11) is 1.63. The summed E-state index contributed by atoms with van der Waals surface area (Å²) in [5, 5.41) is 9.89. The summed E-state index contributed by atoms with van der Waals surface area (Å²) in [5.74, 6) is 0.800. The summed E-state index contributed by atoms with van der Waals surface area (Å²) >= 11 is 1.42. The summed E-state index contributed by atoms with van der Waals surface area (Å²) in [4.78, 5) is 5.02. The Morgan fingerprint density at radius 1 is 1.31 bits per heavy atom. The Bertz CT molecular complexity index is 537. The maximum atomic E-state index is 8.99. The second-order valence-electron chi connectivity index (χ2n) is 3.25. The van der Waals surface area contributed by atoms with Gasteiger partial charge in [0.2, 0.25) is 0 Å². The predicted octanol–water partition coefficient (Wildman–Crippen LogP) is 3.00. The highest BCUT2D eigenvalue weighted by molar-refractivity contribution is 7.12. The lowest BCUT2D eigenvalue weighted by Gasteiger charge is -2.00. The number of rotatable bonds is 2. The molecule has 0 saturated carbocycles. The third kappa shape index (κ3) is 1.90. The van der Waals surface area contributed by atoms with E-state index in [2.05, 4.69) is 11.1 Å². The van der Waals surface area contributed by atoms with E-state index in [9.17, 15) is 0 Å². The molecular weight excluding hydrogens is 220 g/mol. The molecular formula is C12H10N2OS. The fraction of sp³-hybridized carbons (Fsp3) is 0.167. The number of aromatic nitrogens is 1. The minimum absolute atomic E-state index is 0.655. The highest BCUT2D eigenvalue weighted by Crippen LogP contribution is 2.28. The van der Waals surface area contributed by atoms with Crippen molar-refractivity contribution in [3.63, 3.8) is 0 Å². The molecule has 1 aromatic carbocycles. The molecule has 0 spiro atoms. The number of thiazole rings is 1. The SMILES string of the molecule is COc1ccc(-c2nc(C)sc2C#N)cc1. The van der Waals surface area contributed by atoms with Crippen LogP contribution in [0, 0.1) is 18.3 Å². The first-order valence-corrected chi connectivity index (χ1v) is 5.58. The van der Waals surface area contributed by atoms with Gasteiger partial charge in [0.05, 0.1) is 17.8 Å². The van der Waals surface area contributed by atoms with E-state index in [1.54, 1.807) is 7.11 Å². The molecule has 0 bridgehead atoms. The predicted molar refractivity (Wildman–Crippen MR) is 63.6 cm³/mol. The van der Waals surface area contributed by atoms with E-state index in [1.165, 1.54) is 11.3 Å². The number of nitriles is 1. The first-order valence-electron chi connectivity index (χ1n) is 4.76. The zero-order valence-electron chi connectivity index (χ0n) is 9.02. The minimum Gasteiger partial charge on any atom is -0.497 e. The van der Waals surface area contributed by atoms with Crippen LogP contribution in [0.3, 0.4) is 0 Å². The number of methoxy groups -OCH3 is 1. The van der Waals surface area contributed by atoms with Crippen LogP contribution < -0.4 is 4.74 Å². The van der Waals surface area contributed by atoms with Crippen LogP contribution in [-0.2, 0) is 0 Å². The van der Waals surface area contributed by atoms with Gasteiger partial charge in [-0.2, -0.15) is 5.26 Å². The van der Waals surface area contributed by atoms with E-state index in [0.29, 0.717) is 4.88 Å². The molecule has 0 unspecified atom stereocenters. The van der Waals surface area contributed by atoms with Crippen molar-refractivity contribution in [1.29, 1.82) is 5.26 Å². The molecule has 0 aliphatic heterocycles. The van der Waals surface area contributed by atoms with Crippen molar-refractivity contribution in [3.05, 3.63) is 34.2 Å². The molecule has 0 amide bonds. The standard InChI is InChI=1S/C12H10N2OS/c1-8-14-12(11(7-13)16-8)9-3-5-10(15-2)6-4-9/h3-6H,1-2H3. The average Bonchev–Trinajstić information content (AvgIpc) is 2.70. The second-order valence-corrected chi connectivity index (χ2v) is 4.45. The van der Waals surface area contributed by atoms with Gasteiger partial charge in [0, 0.05) is 5.56 Å². The third-order valence-corrected chi connectivity index (χ3v) is 3.07. The van der Waals surface area contributed by atoms with Crippen molar-refractivity contribution in [1.82, 2.24) is 4.98 Å². The van der Waals surface area contributed by atoms with E-state index in [4.69, 9.17) is 10.00 Å². The summed E-state index contributed by atoms with van der Waals surface area (Å²) < 4.78 is 5.08. The van der Waals surface area contributed by atoms with Gasteiger partial charge in [0.25, 0.3) is 0 Å². The fourth-order valence-electron chi connectivity index (χ4n) is 1.45. The van der Waals surface area contributed by atoms with Crippen LogP contribution in [0.15, 0.2) is 24.3 Å². The van der Waals surface area contributed by atoms with Crippen molar-refractivity contribution < 1.29 is 4.74 Å². The largest absolute Gasteiger partial charge is 0.497 e. The fourth-order valence-corrected chi connectivity index (χ4v) is 2.19. The number of aryl methyl sites for hydroxylation is 1. The van der Waals surface area contributed by atoms with Gasteiger partial charge in [0.1, 0.15) is 16.7 Å². The molecule has 2 aromatic rings. The molecule has 2 rings (SSSR count). The molecule has 0 fully saturated rings. The summed E-state index contributed by atoms with van der Waals surface area (Å²) in [6.07, 6.45) is 0. The number of hydrogen-bond donors (Lipinski definition) is 0. The van der Waals surface area contributed by atoms with Crippen LogP contribution in [-0.4, -0.2) is 12.1 Å². The van der Waals surface area contributed by atoms with E-state index >= 15 is 0 Å². The molecule has 1 heterocycles. The highest BCUT2D eigenvalue weighted by atomic mass is 32.1. The Labute approximate surface area is 97.9 Å². The lowest BCUT2D eigenvalue weighted by molar-refractivity contribution is 0.415. The smallest absolute Gasteiger partial charge is 0.132 e. The number of hydrogen-bond acceptors (Lipinski definition) is 4. The Hall–Kier alpha value is -1.86. The van der Waals surface area contributed by atoms with Crippen LogP contribution in [0.1, 0.15) is 9.88 Å². The van der Waals surface area contributed by atoms with Gasteiger partial charge in [0.15, 0.2) is 0 Å². The quantitative estimate of drug-likeness (QED) is 0.796. The third-order valence-electron chi connectivity index (χ3n) is 2.20. The average molecular weight is 230 g/mol. The molecule has 0 aliphatic carbocycles. The molecule has 0 aliphatic rings. The molecule has 4 heteroatoms. The number of nitrogens with zero attached hydrogens (tertiary/aromatic N) is 2. The summed E-state index contributed by atoms with van der Waals surface area (Å²) in [6.45, 7) is 1.90. The lowest BCUT2D eigenvalue weighted by atomic mass is 10.1. The Morgan fingerprint density at radius 2 is 2.00 bits per heavy atom. The van der Waals surface area contributed by atoms with Crippen LogP contribution in [0.4, 0.5) is 0 Å².